The summed E-state index contributed by atoms with van der Waals surface area (Å²) < 4.78 is 0. The van der Waals surface area contributed by atoms with E-state index >= 15 is 0 Å². The van der Waals surface area contributed by atoms with E-state index in [0.29, 0.717) is 33.7 Å². The monoisotopic (exact) mass is 422 g/mol. The fraction of sp³-hybridized carbons (Fsp3) is 0.143. The highest BCUT2D eigenvalue weighted by Crippen LogP contribution is 2.37. The first kappa shape index (κ1) is 21.3. The zero-order chi connectivity index (χ0) is 23.2. The van der Waals surface area contributed by atoms with Crippen molar-refractivity contribution in [2.24, 2.45) is 0 Å². The zero-order valence-corrected chi connectivity index (χ0v) is 18.7. The number of Topliss-reactive ketones (excluding diaryl/α,β-unsaturated/α-hetero) is 2. The first-order valence-electron chi connectivity index (χ1n) is 10.5. The molecule has 0 heterocycles. The van der Waals surface area contributed by atoms with E-state index in [1.165, 1.54) is 0 Å². The van der Waals surface area contributed by atoms with Gasteiger partial charge in [-0.05, 0) is 121 Å². The summed E-state index contributed by atoms with van der Waals surface area (Å²) in [6.07, 6.45) is 7.59. The average molecular weight is 423 g/mol. The molecule has 4 heteroatoms. The van der Waals surface area contributed by atoms with Gasteiger partial charge < -0.3 is 11.5 Å². The smallest absolute Gasteiger partial charge is 0.194 e. The lowest BCUT2D eigenvalue weighted by Gasteiger charge is -2.21. The van der Waals surface area contributed by atoms with Crippen molar-refractivity contribution in [3.05, 3.63) is 105 Å². The van der Waals surface area contributed by atoms with Gasteiger partial charge in [-0.25, -0.2) is 0 Å². The minimum atomic E-state index is -0.0524. The lowest BCUT2D eigenvalue weighted by atomic mass is 9.81. The van der Waals surface area contributed by atoms with E-state index in [-0.39, 0.29) is 11.6 Å². The quantitative estimate of drug-likeness (QED) is 0.644. The van der Waals surface area contributed by atoms with Crippen LogP contribution in [0.1, 0.15) is 36.1 Å². The summed E-state index contributed by atoms with van der Waals surface area (Å²) in [4.78, 5) is 26.0. The molecule has 0 aromatic heterocycles. The van der Waals surface area contributed by atoms with Crippen LogP contribution in [0.15, 0.2) is 83.0 Å². The van der Waals surface area contributed by atoms with Crippen LogP contribution in [-0.4, -0.2) is 11.6 Å². The number of hydrogen-bond donors (Lipinski definition) is 2. The van der Waals surface area contributed by atoms with Gasteiger partial charge in [0.1, 0.15) is 0 Å². The van der Waals surface area contributed by atoms with Gasteiger partial charge in [-0.1, -0.05) is 12.1 Å². The Bertz CT molecular complexity index is 1250. The van der Waals surface area contributed by atoms with Gasteiger partial charge in [0.2, 0.25) is 0 Å². The first-order chi connectivity index (χ1) is 15.2. The third-order valence-corrected chi connectivity index (χ3v) is 5.96. The molecular weight excluding hydrogens is 396 g/mol. The molecule has 4 rings (SSSR count). The standard InChI is InChI=1S/C28H26N2O2/c1-15-11-21(29)5-7-23(15)25-13-20(19-9-17(3)27(31)18(4)10-19)14-26(28(25)32)24-8-6-22(30)12-16(24)2/h5-14H,29-30H2,1-4H3. The predicted molar refractivity (Wildman–Crippen MR) is 132 cm³/mol. The molecule has 0 bridgehead atoms. The number of nitrogen functional groups attached to an aromatic ring is 2. The molecule has 2 aliphatic carbocycles. The number of carbonyl (C=O) groups excluding carboxylic acids is 2. The predicted octanol–water partition coefficient (Wildman–Crippen LogP) is 5.29. The normalized spacial score (nSPS) is 16.5. The average Bonchev–Trinajstić information content (AvgIpc) is 2.73. The molecule has 0 fully saturated rings. The summed E-state index contributed by atoms with van der Waals surface area (Å²) in [7, 11) is 0. The van der Waals surface area contributed by atoms with Gasteiger partial charge in [0.05, 0.1) is 0 Å². The summed E-state index contributed by atoms with van der Waals surface area (Å²) in [5.74, 6) is -0.0122. The third kappa shape index (κ3) is 3.76. The number of anilines is 2. The molecule has 2 aromatic carbocycles. The highest BCUT2D eigenvalue weighted by Gasteiger charge is 2.26. The van der Waals surface area contributed by atoms with E-state index in [0.717, 1.165) is 33.4 Å². The summed E-state index contributed by atoms with van der Waals surface area (Å²) >= 11 is 0. The minimum absolute atomic E-state index is 0.0402. The van der Waals surface area contributed by atoms with Crippen LogP contribution < -0.4 is 11.5 Å². The molecule has 160 valence electrons. The number of rotatable bonds is 2. The van der Waals surface area contributed by atoms with Crippen molar-refractivity contribution in [1.82, 2.24) is 0 Å². The Labute approximate surface area is 188 Å². The Hall–Kier alpha value is -3.92. The number of nitrogens with two attached hydrogens (primary N) is 2. The van der Waals surface area contributed by atoms with E-state index in [4.69, 9.17) is 11.5 Å². The molecule has 0 radical (unpaired) electrons. The second-order valence-corrected chi connectivity index (χ2v) is 8.49. The fourth-order valence-corrected chi connectivity index (χ4v) is 4.29. The number of carbonyl (C=O) groups is 2. The fourth-order valence-electron chi connectivity index (χ4n) is 4.29. The highest BCUT2D eigenvalue weighted by atomic mass is 16.1. The molecular formula is C28H26N2O2. The third-order valence-electron chi connectivity index (χ3n) is 5.96. The molecule has 2 aliphatic rings. The first-order valence-corrected chi connectivity index (χ1v) is 10.5. The molecule has 0 amide bonds. The van der Waals surface area contributed by atoms with Crippen molar-refractivity contribution in [3.8, 4) is 0 Å². The molecule has 0 aliphatic heterocycles. The van der Waals surface area contributed by atoms with Crippen LogP contribution in [0, 0.1) is 13.8 Å². The Morgan fingerprint density at radius 3 is 1.38 bits per heavy atom. The van der Waals surface area contributed by atoms with E-state index in [1.807, 2.05) is 88.4 Å². The Morgan fingerprint density at radius 2 is 0.969 bits per heavy atom. The van der Waals surface area contributed by atoms with Crippen molar-refractivity contribution < 1.29 is 9.59 Å². The van der Waals surface area contributed by atoms with Crippen LogP contribution >= 0.6 is 0 Å². The van der Waals surface area contributed by atoms with Crippen molar-refractivity contribution in [2.45, 2.75) is 27.7 Å². The lowest BCUT2D eigenvalue weighted by molar-refractivity contribution is -0.112. The molecule has 0 atom stereocenters. The molecule has 0 saturated heterocycles. The maximum absolute atomic E-state index is 13.7. The van der Waals surface area contributed by atoms with Crippen LogP contribution in [-0.2, 0) is 9.59 Å². The zero-order valence-electron chi connectivity index (χ0n) is 18.7. The lowest BCUT2D eigenvalue weighted by Crippen LogP contribution is -2.13. The number of allylic oxidation sites excluding steroid dienone is 10. The largest absolute Gasteiger partial charge is 0.399 e. The van der Waals surface area contributed by atoms with E-state index in [2.05, 4.69) is 0 Å². The van der Waals surface area contributed by atoms with Crippen molar-refractivity contribution in [2.75, 3.05) is 11.5 Å². The topological polar surface area (TPSA) is 86.2 Å². The molecule has 4 N–H and O–H groups in total. The van der Waals surface area contributed by atoms with E-state index < -0.39 is 0 Å². The van der Waals surface area contributed by atoms with Gasteiger partial charge in [-0.2, -0.15) is 0 Å². The van der Waals surface area contributed by atoms with Crippen LogP contribution in [0.3, 0.4) is 0 Å². The van der Waals surface area contributed by atoms with Crippen LogP contribution in [0.25, 0.3) is 11.1 Å². The minimum Gasteiger partial charge on any atom is -0.399 e. The van der Waals surface area contributed by atoms with Gasteiger partial charge in [0, 0.05) is 22.5 Å². The van der Waals surface area contributed by atoms with Gasteiger partial charge >= 0.3 is 0 Å². The SMILES string of the molecule is CC1=CC(=C2C=C(c3ccc(N)cc3C)C(=O)C(c3ccc(N)cc3C)=C2)C=C(C)C1=O. The summed E-state index contributed by atoms with van der Waals surface area (Å²) in [5, 5.41) is 0. The second-order valence-electron chi connectivity index (χ2n) is 8.49. The molecule has 32 heavy (non-hydrogen) atoms. The highest BCUT2D eigenvalue weighted by molar-refractivity contribution is 6.44. The number of aryl methyl sites for hydroxylation is 2. The van der Waals surface area contributed by atoms with Crippen LogP contribution in [0.2, 0.25) is 0 Å². The maximum atomic E-state index is 13.7. The Kier molecular flexibility index (Phi) is 5.31. The number of ketones is 2. The molecule has 4 nitrogen and oxygen atoms in total. The Morgan fingerprint density at radius 1 is 0.562 bits per heavy atom. The molecule has 0 unspecified atom stereocenters. The molecule has 0 spiro atoms. The van der Waals surface area contributed by atoms with E-state index in [1.54, 1.807) is 0 Å². The van der Waals surface area contributed by atoms with Crippen LogP contribution in [0.4, 0.5) is 11.4 Å². The number of hydrogen-bond acceptors (Lipinski definition) is 4. The van der Waals surface area contributed by atoms with Gasteiger partial charge in [-0.15, -0.1) is 0 Å². The molecule has 0 saturated carbocycles. The Balaban J connectivity index is 1.99. The van der Waals surface area contributed by atoms with Crippen LogP contribution in [0.5, 0.6) is 0 Å². The van der Waals surface area contributed by atoms with Crippen molar-refractivity contribution in [3.63, 3.8) is 0 Å². The van der Waals surface area contributed by atoms with E-state index in [9.17, 15) is 9.59 Å². The van der Waals surface area contributed by atoms with Gasteiger partial charge in [-0.3, -0.25) is 9.59 Å². The van der Waals surface area contributed by atoms with Gasteiger partial charge in [0.25, 0.3) is 0 Å². The second kappa shape index (κ2) is 7.97. The van der Waals surface area contributed by atoms with Crippen molar-refractivity contribution in [1.29, 1.82) is 0 Å². The molecule has 2 aromatic rings. The summed E-state index contributed by atoms with van der Waals surface area (Å²) in [6, 6.07) is 11.1. The maximum Gasteiger partial charge on any atom is 0.194 e. The number of benzene rings is 2. The summed E-state index contributed by atoms with van der Waals surface area (Å²) in [5.41, 5.74) is 21.1. The van der Waals surface area contributed by atoms with Crippen molar-refractivity contribution >= 4 is 34.1 Å². The van der Waals surface area contributed by atoms with Gasteiger partial charge in [0.15, 0.2) is 11.6 Å². The summed E-state index contributed by atoms with van der Waals surface area (Å²) in [6.45, 7) is 7.53.